The van der Waals surface area contributed by atoms with Crippen molar-refractivity contribution < 1.29 is 19.2 Å². The smallest absolute Gasteiger partial charge is 0.293 e. The number of hydrogen-bond acceptors (Lipinski definition) is 6. The summed E-state index contributed by atoms with van der Waals surface area (Å²) in [7, 11) is 0. The third kappa shape index (κ3) is 5.48. The van der Waals surface area contributed by atoms with E-state index in [1.807, 2.05) is 0 Å². The van der Waals surface area contributed by atoms with Gasteiger partial charge < -0.3 is 4.74 Å². The molecule has 3 rings (SSSR count). The van der Waals surface area contributed by atoms with Gasteiger partial charge in [-0.25, -0.2) is 0 Å². The summed E-state index contributed by atoms with van der Waals surface area (Å²) in [6.07, 6.45) is 4.54. The van der Waals surface area contributed by atoms with Crippen LogP contribution in [0, 0.1) is 10.1 Å². The molecule has 2 aromatic carbocycles. The summed E-state index contributed by atoms with van der Waals surface area (Å²) in [4.78, 5) is 36.7. The number of carbonyl (C=O) groups is 2. The molecule has 156 valence electrons. The highest BCUT2D eigenvalue weighted by Gasteiger charge is 2.34. The monoisotopic (exact) mass is 426 g/mol. The number of rotatable bonds is 9. The van der Waals surface area contributed by atoms with Gasteiger partial charge in [0.15, 0.2) is 0 Å². The van der Waals surface area contributed by atoms with Crippen LogP contribution in [0.5, 0.6) is 5.75 Å². The maximum absolute atomic E-state index is 12.5. The van der Waals surface area contributed by atoms with E-state index in [9.17, 15) is 19.7 Å². The molecule has 2 amide bonds. The normalized spacial score (nSPS) is 15.1. The predicted molar refractivity (Wildman–Crippen MR) is 116 cm³/mol. The Hall–Kier alpha value is -3.13. The van der Waals surface area contributed by atoms with Crippen molar-refractivity contribution in [2.75, 3.05) is 6.54 Å². The maximum atomic E-state index is 12.5. The van der Waals surface area contributed by atoms with Crippen molar-refractivity contribution >= 4 is 34.7 Å². The number of nitrogens with zero attached hydrogens (tertiary/aromatic N) is 2. The standard InChI is InChI=1S/C22H22N2O5S/c1-2-3-4-12-23-21(25)20(30-22(23)26)14-16-8-10-19(11-9-16)29-15-17-6-5-7-18(13-17)24(27)28/h5-11,13-14H,2-4,12,15H2,1H3/b20-14-. The number of carbonyl (C=O) groups excluding carboxylic acids is 2. The highest BCUT2D eigenvalue weighted by molar-refractivity contribution is 8.18. The van der Waals surface area contributed by atoms with Crippen LogP contribution >= 0.6 is 11.8 Å². The summed E-state index contributed by atoms with van der Waals surface area (Å²) in [6, 6.07) is 13.4. The molecule has 2 aromatic rings. The molecule has 0 unspecified atom stereocenters. The van der Waals surface area contributed by atoms with Gasteiger partial charge in [-0.05, 0) is 47.5 Å². The zero-order valence-electron chi connectivity index (χ0n) is 16.6. The summed E-state index contributed by atoms with van der Waals surface area (Å²) >= 11 is 0.962. The summed E-state index contributed by atoms with van der Waals surface area (Å²) < 4.78 is 5.68. The molecule has 1 heterocycles. The molecule has 0 spiro atoms. The number of nitro benzene ring substituents is 1. The summed E-state index contributed by atoms with van der Waals surface area (Å²) in [5.74, 6) is 0.360. The van der Waals surface area contributed by atoms with Crippen molar-refractivity contribution in [3.63, 3.8) is 0 Å². The van der Waals surface area contributed by atoms with E-state index >= 15 is 0 Å². The largest absolute Gasteiger partial charge is 0.489 e. The first kappa shape index (κ1) is 21.6. The van der Waals surface area contributed by atoms with Gasteiger partial charge in [-0.15, -0.1) is 0 Å². The van der Waals surface area contributed by atoms with Crippen LogP contribution in [0.25, 0.3) is 6.08 Å². The maximum Gasteiger partial charge on any atom is 0.293 e. The average molecular weight is 426 g/mol. The molecule has 1 fully saturated rings. The SMILES string of the molecule is CCCCCN1C(=O)S/C(=C\c2ccc(OCc3cccc([N+](=O)[O-])c3)cc2)C1=O. The molecule has 8 heteroatoms. The molecule has 30 heavy (non-hydrogen) atoms. The molecule has 1 aliphatic rings. The van der Waals surface area contributed by atoms with E-state index in [0.29, 0.717) is 22.8 Å². The topological polar surface area (TPSA) is 89.8 Å². The minimum Gasteiger partial charge on any atom is -0.489 e. The fraction of sp³-hybridized carbons (Fsp3) is 0.273. The van der Waals surface area contributed by atoms with Crippen molar-refractivity contribution in [2.45, 2.75) is 32.8 Å². The minimum absolute atomic E-state index is 0.0232. The Bertz CT molecular complexity index is 972. The fourth-order valence-electron chi connectivity index (χ4n) is 2.95. The van der Waals surface area contributed by atoms with Gasteiger partial charge >= 0.3 is 0 Å². The first-order valence-electron chi connectivity index (χ1n) is 9.69. The van der Waals surface area contributed by atoms with Crippen LogP contribution in [0.1, 0.15) is 37.3 Å². The van der Waals surface area contributed by atoms with Gasteiger partial charge in [-0.2, -0.15) is 0 Å². The van der Waals surface area contributed by atoms with Gasteiger partial charge in [0.2, 0.25) is 0 Å². The molecular weight excluding hydrogens is 404 g/mol. The second-order valence-corrected chi connectivity index (χ2v) is 7.82. The predicted octanol–water partition coefficient (Wildman–Crippen LogP) is 5.40. The van der Waals surface area contributed by atoms with Crippen LogP contribution in [-0.4, -0.2) is 27.5 Å². The lowest BCUT2D eigenvalue weighted by Crippen LogP contribution is -2.29. The van der Waals surface area contributed by atoms with Gasteiger partial charge in [-0.3, -0.25) is 24.6 Å². The molecule has 0 atom stereocenters. The Balaban J connectivity index is 1.60. The van der Waals surface area contributed by atoms with Crippen LogP contribution in [0.4, 0.5) is 10.5 Å². The zero-order valence-corrected chi connectivity index (χ0v) is 17.4. The van der Waals surface area contributed by atoms with Gasteiger partial charge in [0.1, 0.15) is 12.4 Å². The van der Waals surface area contributed by atoms with E-state index in [4.69, 9.17) is 4.74 Å². The van der Waals surface area contributed by atoms with Gasteiger partial charge in [-0.1, -0.05) is 44.0 Å². The van der Waals surface area contributed by atoms with E-state index in [2.05, 4.69) is 6.92 Å². The summed E-state index contributed by atoms with van der Waals surface area (Å²) in [5, 5.41) is 10.6. The Morgan fingerprint density at radius 2 is 1.90 bits per heavy atom. The van der Waals surface area contributed by atoms with Gasteiger partial charge in [0.25, 0.3) is 16.8 Å². The van der Waals surface area contributed by atoms with E-state index in [0.717, 1.165) is 36.6 Å². The van der Waals surface area contributed by atoms with Gasteiger partial charge in [0.05, 0.1) is 9.83 Å². The van der Waals surface area contributed by atoms with Crippen LogP contribution in [0.3, 0.4) is 0 Å². The molecule has 0 aromatic heterocycles. The highest BCUT2D eigenvalue weighted by atomic mass is 32.2. The quantitative estimate of drug-likeness (QED) is 0.231. The molecular formula is C22H22N2O5S. The molecule has 0 bridgehead atoms. The number of ether oxygens (including phenoxy) is 1. The lowest BCUT2D eigenvalue weighted by Gasteiger charge is -2.11. The second-order valence-electron chi connectivity index (χ2n) is 6.83. The number of thioether (sulfide) groups is 1. The van der Waals surface area contributed by atoms with Crippen molar-refractivity contribution in [3.8, 4) is 5.75 Å². The average Bonchev–Trinajstić information content (AvgIpc) is 3.01. The molecule has 1 aliphatic heterocycles. The lowest BCUT2D eigenvalue weighted by atomic mass is 10.2. The third-order valence-electron chi connectivity index (χ3n) is 4.56. The number of nitro groups is 1. The first-order chi connectivity index (χ1) is 14.5. The fourth-order valence-corrected chi connectivity index (χ4v) is 3.82. The van der Waals surface area contributed by atoms with Crippen molar-refractivity contribution in [3.05, 3.63) is 74.7 Å². The van der Waals surface area contributed by atoms with Gasteiger partial charge in [0, 0.05) is 18.7 Å². The molecule has 0 radical (unpaired) electrons. The minimum atomic E-state index is -0.441. The molecule has 7 nitrogen and oxygen atoms in total. The lowest BCUT2D eigenvalue weighted by molar-refractivity contribution is -0.384. The summed E-state index contributed by atoms with van der Waals surface area (Å²) in [6.45, 7) is 2.74. The van der Waals surface area contributed by atoms with Crippen LogP contribution < -0.4 is 4.74 Å². The third-order valence-corrected chi connectivity index (χ3v) is 5.47. The van der Waals surface area contributed by atoms with Crippen LogP contribution in [0.2, 0.25) is 0 Å². The van der Waals surface area contributed by atoms with Crippen LogP contribution in [-0.2, 0) is 11.4 Å². The highest BCUT2D eigenvalue weighted by Crippen LogP contribution is 2.32. The molecule has 0 aliphatic carbocycles. The number of hydrogen-bond donors (Lipinski definition) is 0. The van der Waals surface area contributed by atoms with Crippen molar-refractivity contribution in [1.82, 2.24) is 4.90 Å². The number of non-ortho nitro benzene ring substituents is 1. The summed E-state index contributed by atoms with van der Waals surface area (Å²) in [5.41, 5.74) is 1.51. The van der Waals surface area contributed by atoms with Crippen LogP contribution in [0.15, 0.2) is 53.4 Å². The molecule has 1 saturated heterocycles. The van der Waals surface area contributed by atoms with E-state index < -0.39 is 4.92 Å². The number of benzene rings is 2. The van der Waals surface area contributed by atoms with Crippen molar-refractivity contribution in [2.24, 2.45) is 0 Å². The van der Waals surface area contributed by atoms with Crippen molar-refractivity contribution in [1.29, 1.82) is 0 Å². The number of imide groups is 1. The second kappa shape index (κ2) is 10.1. The molecule has 0 N–H and O–H groups in total. The Morgan fingerprint density at radius 1 is 1.13 bits per heavy atom. The molecule has 0 saturated carbocycles. The number of unbranched alkanes of at least 4 members (excludes halogenated alkanes) is 2. The zero-order chi connectivity index (χ0) is 21.5. The number of amides is 2. The van der Waals surface area contributed by atoms with E-state index in [-0.39, 0.29) is 23.4 Å². The Morgan fingerprint density at radius 3 is 2.60 bits per heavy atom. The van der Waals surface area contributed by atoms with E-state index in [1.165, 1.54) is 17.0 Å². The first-order valence-corrected chi connectivity index (χ1v) is 10.5. The van der Waals surface area contributed by atoms with E-state index in [1.54, 1.807) is 42.5 Å². The Kier molecular flexibility index (Phi) is 7.24. The Labute approximate surface area is 178 Å².